The SMILES string of the molecule is CC(C)c1ccc(CC(C(=O)O)c2cn(Cc3ccc(C(C)C)cc3)c3ccc(Br)cc23)cc1. The van der Waals surface area contributed by atoms with Crippen LogP contribution in [0.25, 0.3) is 10.9 Å². The quantitative estimate of drug-likeness (QED) is 0.256. The van der Waals surface area contributed by atoms with Crippen LogP contribution in [0.4, 0.5) is 0 Å². The molecule has 1 aromatic heterocycles. The summed E-state index contributed by atoms with van der Waals surface area (Å²) in [7, 11) is 0. The number of aliphatic carboxylic acids is 1. The highest BCUT2D eigenvalue weighted by Gasteiger charge is 2.25. The van der Waals surface area contributed by atoms with Gasteiger partial charge in [-0.3, -0.25) is 4.79 Å². The van der Waals surface area contributed by atoms with Crippen LogP contribution < -0.4 is 0 Å². The van der Waals surface area contributed by atoms with Crippen LogP contribution in [0.15, 0.2) is 77.4 Å². The van der Waals surface area contributed by atoms with Gasteiger partial charge in [0.25, 0.3) is 0 Å². The van der Waals surface area contributed by atoms with Gasteiger partial charge in [0, 0.05) is 28.1 Å². The van der Waals surface area contributed by atoms with Crippen molar-refractivity contribution in [3.8, 4) is 0 Å². The average molecular weight is 518 g/mol. The number of rotatable bonds is 8. The summed E-state index contributed by atoms with van der Waals surface area (Å²) < 4.78 is 3.13. The second-order valence-corrected chi connectivity index (χ2v) is 10.7. The van der Waals surface area contributed by atoms with E-state index in [-0.39, 0.29) is 0 Å². The lowest BCUT2D eigenvalue weighted by Crippen LogP contribution is -2.14. The third kappa shape index (κ3) is 5.28. The van der Waals surface area contributed by atoms with Gasteiger partial charge < -0.3 is 9.67 Å². The highest BCUT2D eigenvalue weighted by Crippen LogP contribution is 2.33. The van der Waals surface area contributed by atoms with Gasteiger partial charge in [-0.2, -0.15) is 0 Å². The largest absolute Gasteiger partial charge is 0.481 e. The predicted molar refractivity (Wildman–Crippen MR) is 144 cm³/mol. The second kappa shape index (κ2) is 10.2. The van der Waals surface area contributed by atoms with E-state index in [4.69, 9.17) is 0 Å². The van der Waals surface area contributed by atoms with Crippen molar-refractivity contribution in [1.82, 2.24) is 4.57 Å². The van der Waals surface area contributed by atoms with Gasteiger partial charge in [0.2, 0.25) is 0 Å². The number of carboxylic acids is 1. The van der Waals surface area contributed by atoms with Gasteiger partial charge in [-0.15, -0.1) is 0 Å². The molecule has 3 nitrogen and oxygen atoms in total. The van der Waals surface area contributed by atoms with Gasteiger partial charge in [0.05, 0.1) is 5.92 Å². The zero-order valence-corrected chi connectivity index (χ0v) is 21.8. The molecule has 4 heteroatoms. The Hall–Kier alpha value is -2.85. The number of benzene rings is 3. The third-order valence-electron chi connectivity index (χ3n) is 6.63. The van der Waals surface area contributed by atoms with E-state index in [1.165, 1.54) is 16.7 Å². The molecule has 34 heavy (non-hydrogen) atoms. The summed E-state index contributed by atoms with van der Waals surface area (Å²) >= 11 is 3.58. The van der Waals surface area contributed by atoms with E-state index in [1.807, 2.05) is 18.3 Å². The number of hydrogen-bond acceptors (Lipinski definition) is 1. The Morgan fingerprint density at radius 2 is 1.41 bits per heavy atom. The van der Waals surface area contributed by atoms with E-state index >= 15 is 0 Å². The van der Waals surface area contributed by atoms with Crippen LogP contribution in [0.2, 0.25) is 0 Å². The van der Waals surface area contributed by atoms with E-state index in [0.29, 0.717) is 24.8 Å². The lowest BCUT2D eigenvalue weighted by molar-refractivity contribution is -0.138. The molecular weight excluding hydrogens is 486 g/mol. The maximum absolute atomic E-state index is 12.5. The summed E-state index contributed by atoms with van der Waals surface area (Å²) in [5, 5.41) is 11.2. The molecule has 4 aromatic rings. The first-order chi connectivity index (χ1) is 16.2. The van der Waals surface area contributed by atoms with Crippen molar-refractivity contribution in [3.05, 3.63) is 105 Å². The average Bonchev–Trinajstić information content (AvgIpc) is 3.14. The van der Waals surface area contributed by atoms with Gasteiger partial charge in [-0.1, -0.05) is 92.2 Å². The number of fused-ring (bicyclic) bond motifs is 1. The van der Waals surface area contributed by atoms with E-state index in [9.17, 15) is 9.90 Å². The van der Waals surface area contributed by atoms with Crippen LogP contribution in [0.3, 0.4) is 0 Å². The minimum Gasteiger partial charge on any atom is -0.481 e. The minimum atomic E-state index is -0.798. The van der Waals surface area contributed by atoms with Crippen LogP contribution in [0, 0.1) is 0 Å². The highest BCUT2D eigenvalue weighted by atomic mass is 79.9. The molecule has 0 radical (unpaired) electrons. The molecule has 0 amide bonds. The molecule has 0 saturated carbocycles. The first-order valence-electron chi connectivity index (χ1n) is 11.9. The number of nitrogens with zero attached hydrogens (tertiary/aromatic N) is 1. The summed E-state index contributed by atoms with van der Waals surface area (Å²) in [5.41, 5.74) is 6.73. The summed E-state index contributed by atoms with van der Waals surface area (Å²) in [6.07, 6.45) is 2.50. The Balaban J connectivity index is 1.71. The molecule has 0 spiro atoms. The lowest BCUT2D eigenvalue weighted by Gasteiger charge is -2.13. The van der Waals surface area contributed by atoms with Gasteiger partial charge in [0.1, 0.15) is 0 Å². The topological polar surface area (TPSA) is 42.2 Å². The Morgan fingerprint density at radius 1 is 0.853 bits per heavy atom. The van der Waals surface area contributed by atoms with Gasteiger partial charge in [-0.25, -0.2) is 0 Å². The number of carbonyl (C=O) groups is 1. The lowest BCUT2D eigenvalue weighted by atomic mass is 9.91. The standard InChI is InChI=1S/C30H32BrNO2/c1-19(2)23-9-5-21(6-10-23)15-27(30(33)34)28-18-32(29-14-13-25(31)16-26(28)29)17-22-7-11-24(12-8-22)20(3)4/h5-14,16,18-20,27H,15,17H2,1-4H3,(H,33,34). The molecular formula is C30H32BrNO2. The molecule has 176 valence electrons. The first kappa shape index (κ1) is 24.3. The van der Waals surface area contributed by atoms with Crippen molar-refractivity contribution in [2.75, 3.05) is 0 Å². The molecule has 1 N–H and O–H groups in total. The van der Waals surface area contributed by atoms with Gasteiger partial charge in [0.15, 0.2) is 0 Å². The fourth-order valence-corrected chi connectivity index (χ4v) is 4.88. The van der Waals surface area contributed by atoms with Crippen molar-refractivity contribution in [1.29, 1.82) is 0 Å². The molecule has 0 bridgehead atoms. The van der Waals surface area contributed by atoms with Crippen molar-refractivity contribution in [2.45, 2.75) is 58.4 Å². The van der Waals surface area contributed by atoms with E-state index in [1.54, 1.807) is 0 Å². The van der Waals surface area contributed by atoms with Crippen LogP contribution >= 0.6 is 15.9 Å². The number of hydrogen-bond donors (Lipinski definition) is 1. The number of aromatic nitrogens is 1. The Morgan fingerprint density at radius 3 is 1.94 bits per heavy atom. The normalized spacial score (nSPS) is 12.6. The molecule has 4 rings (SSSR count). The van der Waals surface area contributed by atoms with Crippen molar-refractivity contribution >= 4 is 32.8 Å². The molecule has 0 saturated heterocycles. The molecule has 0 fully saturated rings. The number of carboxylic acid groups (broad SMARTS) is 1. The summed E-state index contributed by atoms with van der Waals surface area (Å²) in [5.74, 6) is -0.467. The summed E-state index contributed by atoms with van der Waals surface area (Å²) in [4.78, 5) is 12.5. The van der Waals surface area contributed by atoms with Crippen molar-refractivity contribution in [2.24, 2.45) is 0 Å². The van der Waals surface area contributed by atoms with Crippen LogP contribution in [-0.4, -0.2) is 15.6 Å². The third-order valence-corrected chi connectivity index (χ3v) is 7.13. The van der Waals surface area contributed by atoms with Crippen molar-refractivity contribution in [3.63, 3.8) is 0 Å². The number of halogens is 1. The second-order valence-electron chi connectivity index (χ2n) is 9.76. The maximum atomic E-state index is 12.5. The summed E-state index contributed by atoms with van der Waals surface area (Å²) in [6.45, 7) is 9.42. The van der Waals surface area contributed by atoms with Crippen LogP contribution in [0.5, 0.6) is 0 Å². The summed E-state index contributed by atoms with van der Waals surface area (Å²) in [6, 6.07) is 23.2. The highest BCUT2D eigenvalue weighted by molar-refractivity contribution is 9.10. The van der Waals surface area contributed by atoms with E-state index < -0.39 is 11.9 Å². The van der Waals surface area contributed by atoms with E-state index in [2.05, 4.69) is 103 Å². The van der Waals surface area contributed by atoms with Crippen LogP contribution in [0.1, 0.15) is 73.3 Å². The zero-order chi connectivity index (χ0) is 24.4. The molecule has 1 atom stereocenters. The Kier molecular flexibility index (Phi) is 7.27. The monoisotopic (exact) mass is 517 g/mol. The molecule has 3 aromatic carbocycles. The zero-order valence-electron chi connectivity index (χ0n) is 20.3. The fraction of sp³-hybridized carbons (Fsp3) is 0.300. The van der Waals surface area contributed by atoms with Crippen molar-refractivity contribution < 1.29 is 9.90 Å². The molecule has 1 heterocycles. The minimum absolute atomic E-state index is 0.453. The Labute approximate surface area is 210 Å². The molecule has 1 unspecified atom stereocenters. The molecule has 0 aliphatic rings. The smallest absolute Gasteiger partial charge is 0.311 e. The van der Waals surface area contributed by atoms with E-state index in [0.717, 1.165) is 26.5 Å². The van der Waals surface area contributed by atoms with Crippen LogP contribution in [-0.2, 0) is 17.8 Å². The van der Waals surface area contributed by atoms with Gasteiger partial charge >= 0.3 is 5.97 Å². The predicted octanol–water partition coefficient (Wildman–Crippen LogP) is 8.11. The molecule has 0 aliphatic heterocycles. The Bertz CT molecular complexity index is 1280. The molecule has 0 aliphatic carbocycles. The first-order valence-corrected chi connectivity index (χ1v) is 12.7. The maximum Gasteiger partial charge on any atom is 0.311 e. The fourth-order valence-electron chi connectivity index (χ4n) is 4.51. The van der Waals surface area contributed by atoms with Gasteiger partial charge in [-0.05, 0) is 64.3 Å².